The van der Waals surface area contributed by atoms with Gasteiger partial charge in [0.25, 0.3) is 5.91 Å². The number of nitrogens with one attached hydrogen (secondary N) is 3. The second kappa shape index (κ2) is 11.2. The molecule has 2 aromatic rings. The minimum atomic E-state index is 0.0588. The third-order valence-electron chi connectivity index (χ3n) is 7.41. The molecule has 2 amide bonds. The van der Waals surface area contributed by atoms with Crippen LogP contribution >= 0.6 is 0 Å². The van der Waals surface area contributed by atoms with Gasteiger partial charge in [-0.15, -0.1) is 0 Å². The Morgan fingerprint density at radius 2 is 1.86 bits per heavy atom. The fourth-order valence-corrected chi connectivity index (χ4v) is 4.66. The highest BCUT2D eigenvalue weighted by molar-refractivity contribution is 5.95. The third kappa shape index (κ3) is 6.13. The molecular formula is C27H37N7O2. The summed E-state index contributed by atoms with van der Waals surface area (Å²) in [5.41, 5.74) is 2.61. The molecule has 3 fully saturated rings. The smallest absolute Gasteiger partial charge is 0.254 e. The van der Waals surface area contributed by atoms with E-state index in [1.807, 2.05) is 35.4 Å². The quantitative estimate of drug-likeness (QED) is 0.439. The number of hydrogen-bond donors (Lipinski definition) is 3. The van der Waals surface area contributed by atoms with E-state index in [9.17, 15) is 9.59 Å². The summed E-state index contributed by atoms with van der Waals surface area (Å²) in [6.45, 7) is 4.69. The number of hydrogen-bond acceptors (Lipinski definition) is 7. The van der Waals surface area contributed by atoms with Gasteiger partial charge in [0.2, 0.25) is 11.9 Å². The second-order valence-electron chi connectivity index (χ2n) is 10.3. The lowest BCUT2D eigenvalue weighted by Gasteiger charge is -2.32. The van der Waals surface area contributed by atoms with E-state index in [-0.39, 0.29) is 17.7 Å². The molecule has 3 N–H and O–H groups in total. The highest BCUT2D eigenvalue weighted by Gasteiger charge is 2.28. The molecule has 0 bridgehead atoms. The molecule has 1 aliphatic heterocycles. The molecule has 0 atom stereocenters. The van der Waals surface area contributed by atoms with E-state index in [0.29, 0.717) is 24.0 Å². The number of carbonyl (C=O) groups is 2. The number of rotatable bonds is 10. The number of likely N-dealkylation sites (N-methyl/N-ethyl adjacent to an activating group) is 1. The topological polar surface area (TPSA) is 102 Å². The summed E-state index contributed by atoms with van der Waals surface area (Å²) in [6, 6.07) is 7.55. The van der Waals surface area contributed by atoms with Crippen LogP contribution in [0.25, 0.3) is 0 Å². The van der Waals surface area contributed by atoms with E-state index in [0.717, 1.165) is 69.1 Å². The first-order chi connectivity index (χ1) is 17.6. The molecule has 1 saturated heterocycles. The summed E-state index contributed by atoms with van der Waals surface area (Å²) in [5, 5.41) is 9.79. The van der Waals surface area contributed by atoms with Gasteiger partial charge in [-0.1, -0.05) is 12.5 Å². The number of aromatic nitrogens is 2. The molecular weight excluding hydrogens is 454 g/mol. The molecule has 2 saturated carbocycles. The van der Waals surface area contributed by atoms with E-state index in [2.05, 4.69) is 32.9 Å². The Balaban J connectivity index is 1.18. The minimum absolute atomic E-state index is 0.0588. The van der Waals surface area contributed by atoms with Crippen molar-refractivity contribution >= 4 is 29.3 Å². The van der Waals surface area contributed by atoms with E-state index in [1.165, 1.54) is 19.3 Å². The van der Waals surface area contributed by atoms with Gasteiger partial charge < -0.3 is 25.8 Å². The van der Waals surface area contributed by atoms with Crippen molar-refractivity contribution in [3.63, 3.8) is 0 Å². The fraction of sp³-hybridized carbons (Fsp3) is 0.556. The lowest BCUT2D eigenvalue weighted by atomic mass is 9.85. The van der Waals surface area contributed by atoms with Crippen LogP contribution in [-0.4, -0.2) is 77.9 Å². The zero-order valence-electron chi connectivity index (χ0n) is 21.1. The van der Waals surface area contributed by atoms with Gasteiger partial charge in [0, 0.05) is 68.2 Å². The Morgan fingerprint density at radius 3 is 2.58 bits per heavy atom. The van der Waals surface area contributed by atoms with Crippen molar-refractivity contribution in [3.05, 3.63) is 41.6 Å². The Morgan fingerprint density at radius 1 is 1.06 bits per heavy atom. The van der Waals surface area contributed by atoms with Gasteiger partial charge in [-0.05, 0) is 63.3 Å². The molecule has 1 aromatic heterocycles. The van der Waals surface area contributed by atoms with Crippen LogP contribution in [0, 0.1) is 5.92 Å². The van der Waals surface area contributed by atoms with Crippen molar-refractivity contribution in [2.24, 2.45) is 5.92 Å². The standard InChI is InChI=1S/C27H37N7O2/c1-33-13-15-34(16-14-33)26(36)21-7-3-8-22(17-21)31-27-30-18-23(19-9-10-19)24(32-27)28-11-4-12-29-25(35)20-5-2-6-20/h3,7-8,17-20H,2,4-6,9-16H2,1H3,(H,29,35)(H2,28,30,31,32). The summed E-state index contributed by atoms with van der Waals surface area (Å²) >= 11 is 0. The highest BCUT2D eigenvalue weighted by atomic mass is 16.2. The van der Waals surface area contributed by atoms with Crippen molar-refractivity contribution in [1.29, 1.82) is 0 Å². The number of amides is 2. The van der Waals surface area contributed by atoms with Gasteiger partial charge >= 0.3 is 0 Å². The minimum Gasteiger partial charge on any atom is -0.370 e. The molecule has 36 heavy (non-hydrogen) atoms. The Hall–Kier alpha value is -3.20. The molecule has 192 valence electrons. The molecule has 5 rings (SSSR count). The molecule has 9 nitrogen and oxygen atoms in total. The van der Waals surface area contributed by atoms with Crippen LogP contribution in [0.2, 0.25) is 0 Å². The predicted octanol–water partition coefficient (Wildman–Crippen LogP) is 3.20. The van der Waals surface area contributed by atoms with Crippen LogP contribution in [-0.2, 0) is 4.79 Å². The van der Waals surface area contributed by atoms with Crippen molar-refractivity contribution in [2.75, 3.05) is 56.9 Å². The lowest BCUT2D eigenvalue weighted by Crippen LogP contribution is -2.47. The first-order valence-electron chi connectivity index (χ1n) is 13.3. The van der Waals surface area contributed by atoms with Gasteiger partial charge in [-0.2, -0.15) is 4.98 Å². The zero-order valence-corrected chi connectivity index (χ0v) is 21.1. The average molecular weight is 492 g/mol. The number of nitrogens with zero attached hydrogens (tertiary/aromatic N) is 4. The first kappa shape index (κ1) is 24.5. The van der Waals surface area contributed by atoms with E-state index in [1.54, 1.807) is 0 Å². The van der Waals surface area contributed by atoms with Crippen molar-refractivity contribution in [3.8, 4) is 0 Å². The van der Waals surface area contributed by atoms with Gasteiger partial charge in [0.15, 0.2) is 0 Å². The first-order valence-corrected chi connectivity index (χ1v) is 13.3. The summed E-state index contributed by atoms with van der Waals surface area (Å²) in [7, 11) is 2.08. The van der Waals surface area contributed by atoms with Crippen LogP contribution in [0.4, 0.5) is 17.5 Å². The van der Waals surface area contributed by atoms with Crippen LogP contribution in [0.15, 0.2) is 30.5 Å². The summed E-state index contributed by atoms with van der Waals surface area (Å²) in [6.07, 6.45) is 8.30. The monoisotopic (exact) mass is 491 g/mol. The molecule has 9 heteroatoms. The SMILES string of the molecule is CN1CCN(C(=O)c2cccc(Nc3ncc(C4CC4)c(NCCCNC(=O)C4CCC4)n3)c2)CC1. The number of anilines is 3. The molecule has 0 radical (unpaired) electrons. The number of benzene rings is 1. The molecule has 0 spiro atoms. The van der Waals surface area contributed by atoms with Crippen LogP contribution in [0.3, 0.4) is 0 Å². The fourth-order valence-electron chi connectivity index (χ4n) is 4.66. The normalized spacial score (nSPS) is 18.4. The van der Waals surface area contributed by atoms with E-state index in [4.69, 9.17) is 4.98 Å². The summed E-state index contributed by atoms with van der Waals surface area (Å²) in [5.74, 6) is 2.36. The molecule has 2 aliphatic carbocycles. The van der Waals surface area contributed by atoms with E-state index < -0.39 is 0 Å². The van der Waals surface area contributed by atoms with Gasteiger partial charge in [0.05, 0.1) is 0 Å². The van der Waals surface area contributed by atoms with E-state index >= 15 is 0 Å². The Bertz CT molecular complexity index is 1080. The third-order valence-corrected chi connectivity index (χ3v) is 7.41. The lowest BCUT2D eigenvalue weighted by molar-refractivity contribution is -0.127. The molecule has 3 aliphatic rings. The maximum absolute atomic E-state index is 13.0. The van der Waals surface area contributed by atoms with Crippen molar-refractivity contribution in [2.45, 2.75) is 44.4 Å². The zero-order chi connectivity index (χ0) is 24.9. The van der Waals surface area contributed by atoms with Crippen LogP contribution in [0.5, 0.6) is 0 Å². The molecule has 0 unspecified atom stereocenters. The average Bonchev–Trinajstić information content (AvgIpc) is 3.68. The maximum atomic E-state index is 13.0. The largest absolute Gasteiger partial charge is 0.370 e. The summed E-state index contributed by atoms with van der Waals surface area (Å²) in [4.78, 5) is 38.5. The Labute approximate surface area is 213 Å². The maximum Gasteiger partial charge on any atom is 0.254 e. The summed E-state index contributed by atoms with van der Waals surface area (Å²) < 4.78 is 0. The van der Waals surface area contributed by atoms with Gasteiger partial charge in [-0.3, -0.25) is 9.59 Å². The molecule has 2 heterocycles. The van der Waals surface area contributed by atoms with Crippen LogP contribution in [0.1, 0.15) is 60.4 Å². The predicted molar refractivity (Wildman–Crippen MR) is 141 cm³/mol. The second-order valence-corrected chi connectivity index (χ2v) is 10.3. The van der Waals surface area contributed by atoms with Crippen molar-refractivity contribution in [1.82, 2.24) is 25.1 Å². The number of piperazine rings is 1. The Kier molecular flexibility index (Phi) is 7.65. The van der Waals surface area contributed by atoms with Crippen molar-refractivity contribution < 1.29 is 9.59 Å². The highest BCUT2D eigenvalue weighted by Crippen LogP contribution is 2.42. The molecule has 1 aromatic carbocycles. The van der Waals surface area contributed by atoms with Gasteiger partial charge in [0.1, 0.15) is 5.82 Å². The van der Waals surface area contributed by atoms with Gasteiger partial charge in [-0.25, -0.2) is 4.98 Å². The van der Waals surface area contributed by atoms with Crippen LogP contribution < -0.4 is 16.0 Å². The number of carbonyl (C=O) groups excluding carboxylic acids is 2.